The van der Waals surface area contributed by atoms with Gasteiger partial charge in [0.2, 0.25) is 0 Å². The number of oxime groups is 1. The summed E-state index contributed by atoms with van der Waals surface area (Å²) in [5.41, 5.74) is 0.636. The van der Waals surface area contributed by atoms with Gasteiger partial charge in [0.05, 0.1) is 29.7 Å². The maximum Gasteiger partial charge on any atom is 0.262 e. The lowest BCUT2D eigenvalue weighted by Crippen LogP contribution is -2.29. The van der Waals surface area contributed by atoms with Gasteiger partial charge in [-0.25, -0.2) is 19.9 Å². The van der Waals surface area contributed by atoms with Crippen molar-refractivity contribution < 1.29 is 20.2 Å². The summed E-state index contributed by atoms with van der Waals surface area (Å²) in [6, 6.07) is 14.0. The maximum absolute atomic E-state index is 12.9. The summed E-state index contributed by atoms with van der Waals surface area (Å²) >= 11 is 0. The van der Waals surface area contributed by atoms with Crippen LogP contribution in [-0.4, -0.2) is 80.3 Å². The molecular weight excluding hydrogens is 755 g/mol. The van der Waals surface area contributed by atoms with Crippen molar-refractivity contribution in [3.63, 3.8) is 0 Å². The molecule has 0 aliphatic carbocycles. The third-order valence-electron chi connectivity index (χ3n) is 8.59. The van der Waals surface area contributed by atoms with E-state index in [-0.39, 0.29) is 54.3 Å². The Kier molecular flexibility index (Phi) is 13.4. The number of pyridine rings is 6. The molecular formula is C42H51N11O6. The fraction of sp³-hybridized carbons (Fsp3) is 0.333. The van der Waals surface area contributed by atoms with E-state index in [1.165, 1.54) is 16.1 Å². The minimum atomic E-state index is -0.324. The molecule has 0 atom stereocenters. The quantitative estimate of drug-likeness (QED) is 0.0332. The monoisotopic (exact) mass is 805 g/mol. The lowest BCUT2D eigenvalue weighted by atomic mass is 10.1. The fourth-order valence-electron chi connectivity index (χ4n) is 5.95. The lowest BCUT2D eigenvalue weighted by Gasteiger charge is -2.23. The van der Waals surface area contributed by atoms with E-state index >= 15 is 0 Å². The number of carbonyl (C=O) groups is 1. The molecule has 6 aromatic rings. The Morgan fingerprint density at radius 1 is 0.661 bits per heavy atom. The van der Waals surface area contributed by atoms with Crippen molar-refractivity contribution in [1.29, 1.82) is 0 Å². The average Bonchev–Trinajstić information content (AvgIpc) is 3.16. The first-order valence-electron chi connectivity index (χ1n) is 18.9. The predicted octanol–water partition coefficient (Wildman–Crippen LogP) is 5.88. The van der Waals surface area contributed by atoms with Crippen molar-refractivity contribution in [3.8, 4) is 0 Å². The molecule has 0 aliphatic rings. The molecule has 6 heterocycles. The second-order valence-corrected chi connectivity index (χ2v) is 15.8. The third kappa shape index (κ3) is 11.2. The topological polar surface area (TPSA) is 234 Å². The summed E-state index contributed by atoms with van der Waals surface area (Å²) in [5, 5.41) is 45.8. The van der Waals surface area contributed by atoms with Gasteiger partial charge in [-0.3, -0.25) is 14.4 Å². The number of hydrogen-bond acceptors (Lipinski definition) is 15. The molecule has 0 aliphatic heterocycles. The Bertz CT molecular complexity index is 2620. The van der Waals surface area contributed by atoms with Crippen molar-refractivity contribution in [1.82, 2.24) is 29.1 Å². The molecule has 0 bridgehead atoms. The fourth-order valence-corrected chi connectivity index (χ4v) is 5.95. The molecule has 0 aromatic carbocycles. The maximum atomic E-state index is 12.9. The summed E-state index contributed by atoms with van der Waals surface area (Å²) < 4.78 is 2.93. The standard InChI is InChI=1S/C21H26N6O3.C21H25N5O3/c1-13(26-30)14-5-7-22-16(11-14)23-17-12-15-6-8-27(9-10-28)20(29)18(15)19(24-17)25-21(2,3)4;1-13(28)14-5-7-22-16(11-14)23-17-12-15-6-8-26(9-10-27)20(29)18(15)19(24-17)25-21(2,3)4/h5-8,11-12,28,30H,9-10H2,1-4H3,(H2,22,23,24,25);5-8,11-12,27H,9-10H2,1-4H3,(H2,22,23,24,25)/b26-13+;. The molecule has 0 spiro atoms. The zero-order valence-corrected chi connectivity index (χ0v) is 34.5. The van der Waals surface area contributed by atoms with Crippen LogP contribution in [0.5, 0.6) is 0 Å². The summed E-state index contributed by atoms with van der Waals surface area (Å²) in [6.45, 7) is 15.3. The van der Waals surface area contributed by atoms with E-state index in [0.29, 0.717) is 67.7 Å². The van der Waals surface area contributed by atoms with Crippen LogP contribution in [0.3, 0.4) is 0 Å². The molecule has 59 heavy (non-hydrogen) atoms. The van der Waals surface area contributed by atoms with Crippen LogP contribution in [0.2, 0.25) is 0 Å². The Morgan fingerprint density at radius 2 is 1.08 bits per heavy atom. The number of anilines is 6. The molecule has 7 N–H and O–H groups in total. The Morgan fingerprint density at radius 3 is 1.47 bits per heavy atom. The number of aromatic nitrogens is 6. The van der Waals surface area contributed by atoms with E-state index in [4.69, 9.17) is 5.21 Å². The van der Waals surface area contributed by atoms with Crippen molar-refractivity contribution in [2.45, 2.75) is 79.6 Å². The number of Topliss-reactive ketones (excluding diaryl/α,β-unsaturated/α-hetero) is 1. The number of nitrogens with zero attached hydrogens (tertiary/aromatic N) is 7. The summed E-state index contributed by atoms with van der Waals surface area (Å²) in [5.74, 6) is 2.86. The molecule has 17 heteroatoms. The number of rotatable bonds is 12. The average molecular weight is 806 g/mol. The van der Waals surface area contributed by atoms with Gasteiger partial charge in [-0.1, -0.05) is 5.16 Å². The van der Waals surface area contributed by atoms with Crippen molar-refractivity contribution >= 4 is 67.9 Å². The molecule has 6 aromatic heterocycles. The largest absolute Gasteiger partial charge is 0.411 e. The lowest BCUT2D eigenvalue weighted by molar-refractivity contribution is 0.101. The Balaban J connectivity index is 0.000000224. The number of hydrogen-bond donors (Lipinski definition) is 7. The number of fused-ring (bicyclic) bond motifs is 2. The van der Waals surface area contributed by atoms with Crippen molar-refractivity contribution in [3.05, 3.63) is 105 Å². The highest BCUT2D eigenvalue weighted by Crippen LogP contribution is 2.28. The van der Waals surface area contributed by atoms with Crippen LogP contribution in [-0.2, 0) is 13.1 Å². The second-order valence-electron chi connectivity index (χ2n) is 15.8. The van der Waals surface area contributed by atoms with Gasteiger partial charge in [0.25, 0.3) is 11.1 Å². The molecule has 0 unspecified atom stereocenters. The van der Waals surface area contributed by atoms with Gasteiger partial charge in [-0.05, 0) is 115 Å². The van der Waals surface area contributed by atoms with Crippen LogP contribution in [0.25, 0.3) is 21.5 Å². The van der Waals surface area contributed by atoms with Crippen LogP contribution in [0, 0.1) is 0 Å². The first-order valence-corrected chi connectivity index (χ1v) is 18.9. The zero-order valence-electron chi connectivity index (χ0n) is 34.5. The molecule has 0 amide bonds. The second kappa shape index (κ2) is 18.3. The van der Waals surface area contributed by atoms with E-state index in [1.54, 1.807) is 68.1 Å². The molecule has 0 saturated heterocycles. The molecule has 0 fully saturated rings. The smallest absolute Gasteiger partial charge is 0.262 e. The number of aliphatic hydroxyl groups excluding tert-OH is 2. The minimum Gasteiger partial charge on any atom is -0.411 e. The van der Waals surface area contributed by atoms with Gasteiger partial charge in [-0.15, -0.1) is 0 Å². The van der Waals surface area contributed by atoms with Gasteiger partial charge < -0.3 is 45.8 Å². The number of aliphatic hydroxyl groups is 2. The number of carbonyl (C=O) groups excluding carboxylic acids is 1. The van der Waals surface area contributed by atoms with Gasteiger partial charge >= 0.3 is 0 Å². The molecule has 0 radical (unpaired) electrons. The molecule has 310 valence electrons. The van der Waals surface area contributed by atoms with Crippen molar-refractivity contribution in [2.75, 3.05) is 34.5 Å². The van der Waals surface area contributed by atoms with E-state index in [9.17, 15) is 24.6 Å². The summed E-state index contributed by atoms with van der Waals surface area (Å²) in [7, 11) is 0. The van der Waals surface area contributed by atoms with Crippen LogP contribution in [0.1, 0.15) is 71.3 Å². The van der Waals surface area contributed by atoms with Crippen LogP contribution in [0.4, 0.5) is 34.9 Å². The Labute approximate surface area is 340 Å². The highest BCUT2D eigenvalue weighted by atomic mass is 16.4. The summed E-state index contributed by atoms with van der Waals surface area (Å²) in [6.07, 6.45) is 6.48. The van der Waals surface area contributed by atoms with Crippen LogP contribution in [0.15, 0.2) is 88.1 Å². The predicted molar refractivity (Wildman–Crippen MR) is 232 cm³/mol. The molecule has 0 saturated carbocycles. The first-order chi connectivity index (χ1) is 27.9. The zero-order chi connectivity index (χ0) is 43.1. The first kappa shape index (κ1) is 43.4. The molecule has 6 rings (SSSR count). The highest BCUT2D eigenvalue weighted by molar-refractivity contribution is 5.99. The van der Waals surface area contributed by atoms with E-state index < -0.39 is 0 Å². The van der Waals surface area contributed by atoms with Crippen LogP contribution >= 0.6 is 0 Å². The third-order valence-corrected chi connectivity index (χ3v) is 8.59. The molecule has 17 nitrogen and oxygen atoms in total. The number of ketones is 1. The van der Waals surface area contributed by atoms with E-state index in [1.807, 2.05) is 53.7 Å². The highest BCUT2D eigenvalue weighted by Gasteiger charge is 2.19. The van der Waals surface area contributed by atoms with Crippen molar-refractivity contribution in [2.24, 2.45) is 5.16 Å². The van der Waals surface area contributed by atoms with Gasteiger partial charge in [0.1, 0.15) is 34.9 Å². The SMILES string of the molecule is C/C(=N\O)c1ccnc(Nc2cc3ccn(CCO)c(=O)c3c(NC(C)(C)C)n2)c1.CC(=O)c1ccnc(Nc2cc3ccn(CCO)c(=O)c3c(NC(C)(C)C)n2)c1. The van der Waals surface area contributed by atoms with E-state index in [2.05, 4.69) is 46.4 Å². The van der Waals surface area contributed by atoms with Gasteiger partial charge in [0.15, 0.2) is 5.78 Å². The minimum absolute atomic E-state index is 0.0542. The van der Waals surface area contributed by atoms with Gasteiger partial charge in [-0.2, -0.15) is 0 Å². The van der Waals surface area contributed by atoms with Gasteiger partial charge in [0, 0.05) is 60.1 Å². The Hall–Kier alpha value is -6.72. The van der Waals surface area contributed by atoms with E-state index in [0.717, 1.165) is 5.56 Å². The number of nitrogens with one attached hydrogen (secondary N) is 4. The normalized spacial score (nSPS) is 11.9. The summed E-state index contributed by atoms with van der Waals surface area (Å²) in [4.78, 5) is 55.2. The van der Waals surface area contributed by atoms with Crippen LogP contribution < -0.4 is 32.4 Å².